The summed E-state index contributed by atoms with van der Waals surface area (Å²) in [6.07, 6.45) is -0.0567. The molecule has 3 aromatic rings. The number of ether oxygens (including phenoxy) is 1. The molecule has 0 saturated carbocycles. The Morgan fingerprint density at radius 3 is 2.84 bits per heavy atom. The number of nitrogens with one attached hydrogen (secondary N) is 2. The lowest BCUT2D eigenvalue weighted by Gasteiger charge is -2.24. The first-order valence-electron chi connectivity index (χ1n) is 7.95. The van der Waals surface area contributed by atoms with Gasteiger partial charge < -0.3 is 15.2 Å². The third-order valence-electron chi connectivity index (χ3n) is 4.10. The van der Waals surface area contributed by atoms with E-state index in [4.69, 9.17) is 4.74 Å². The molecular weight excluding hydrogens is 320 g/mol. The molecule has 25 heavy (non-hydrogen) atoms. The smallest absolute Gasteiger partial charge is 0.278 e. The average molecular weight is 336 g/mol. The van der Waals surface area contributed by atoms with Crippen molar-refractivity contribution in [2.24, 2.45) is 0 Å². The van der Waals surface area contributed by atoms with E-state index in [1.165, 1.54) is 0 Å². The van der Waals surface area contributed by atoms with Crippen LogP contribution in [0.5, 0.6) is 5.75 Å². The first kappa shape index (κ1) is 15.3. The van der Waals surface area contributed by atoms with E-state index >= 15 is 0 Å². The molecule has 0 fully saturated rings. The van der Waals surface area contributed by atoms with Gasteiger partial charge in [-0.1, -0.05) is 42.5 Å². The maximum absolute atomic E-state index is 12.7. The van der Waals surface area contributed by atoms with Gasteiger partial charge >= 0.3 is 0 Å². The number of aromatic nitrogens is 3. The second kappa shape index (κ2) is 6.37. The van der Waals surface area contributed by atoms with E-state index < -0.39 is 12.0 Å². The van der Waals surface area contributed by atoms with Gasteiger partial charge in [0.25, 0.3) is 5.91 Å². The van der Waals surface area contributed by atoms with Gasteiger partial charge in [0.2, 0.25) is 0 Å². The number of benzene rings is 2. The van der Waals surface area contributed by atoms with Gasteiger partial charge in [-0.2, -0.15) is 15.4 Å². The third kappa shape index (κ3) is 2.85. The van der Waals surface area contributed by atoms with Crippen LogP contribution in [0.3, 0.4) is 0 Å². The molecule has 0 aliphatic carbocycles. The number of fused-ring (bicyclic) bond motifs is 1. The summed E-state index contributed by atoms with van der Waals surface area (Å²) < 4.78 is 5.64. The van der Waals surface area contributed by atoms with E-state index in [2.05, 4.69) is 20.7 Å². The molecule has 7 nitrogen and oxygen atoms in total. The monoisotopic (exact) mass is 336 g/mol. The van der Waals surface area contributed by atoms with Crippen molar-refractivity contribution in [2.75, 3.05) is 11.9 Å². The van der Waals surface area contributed by atoms with E-state index in [9.17, 15) is 9.90 Å². The quantitative estimate of drug-likeness (QED) is 0.682. The van der Waals surface area contributed by atoms with Gasteiger partial charge in [0.15, 0.2) is 5.69 Å². The van der Waals surface area contributed by atoms with E-state index in [0.717, 1.165) is 5.56 Å². The highest BCUT2D eigenvalue weighted by atomic mass is 16.5. The molecule has 1 aromatic heterocycles. The van der Waals surface area contributed by atoms with Crippen LogP contribution in [0.15, 0.2) is 48.5 Å². The van der Waals surface area contributed by atoms with Crippen LogP contribution >= 0.6 is 0 Å². The number of aliphatic hydroxyl groups excluding tert-OH is 1. The van der Waals surface area contributed by atoms with Gasteiger partial charge in [0, 0.05) is 17.5 Å². The van der Waals surface area contributed by atoms with Crippen molar-refractivity contribution in [3.63, 3.8) is 0 Å². The minimum atomic E-state index is -0.590. The van der Waals surface area contributed by atoms with Gasteiger partial charge in [0.05, 0.1) is 18.4 Å². The van der Waals surface area contributed by atoms with Gasteiger partial charge in [-0.25, -0.2) is 0 Å². The van der Waals surface area contributed by atoms with Crippen molar-refractivity contribution in [1.29, 1.82) is 0 Å². The number of carbonyl (C=O) groups is 1. The van der Waals surface area contributed by atoms with Crippen LogP contribution in [-0.2, 0) is 0 Å². The molecule has 7 heteroatoms. The molecule has 1 amide bonds. The highest BCUT2D eigenvalue weighted by Crippen LogP contribution is 2.38. The molecule has 1 aliphatic heterocycles. The zero-order valence-electron chi connectivity index (χ0n) is 13.3. The molecule has 2 aromatic carbocycles. The normalized spacial score (nSPS) is 16.0. The number of para-hydroxylation sites is 1. The van der Waals surface area contributed by atoms with Crippen LogP contribution in [0, 0.1) is 0 Å². The summed E-state index contributed by atoms with van der Waals surface area (Å²) in [7, 11) is 0. The topological polar surface area (TPSA) is 100 Å². The number of aromatic amines is 1. The number of hydrogen-bond acceptors (Lipinski definition) is 5. The Morgan fingerprint density at radius 2 is 2.00 bits per heavy atom. The van der Waals surface area contributed by atoms with Crippen LogP contribution in [-0.4, -0.2) is 33.0 Å². The number of carbonyl (C=O) groups excluding carboxylic acids is 1. The molecule has 3 N–H and O–H groups in total. The molecule has 1 atom stereocenters. The summed E-state index contributed by atoms with van der Waals surface area (Å²) in [5.41, 5.74) is 2.64. The van der Waals surface area contributed by atoms with E-state index in [1.54, 1.807) is 18.2 Å². The first-order chi connectivity index (χ1) is 12.2. The molecule has 1 unspecified atom stereocenters. The second-order valence-corrected chi connectivity index (χ2v) is 5.72. The molecule has 0 radical (unpaired) electrons. The maximum atomic E-state index is 12.7. The van der Waals surface area contributed by atoms with E-state index in [0.29, 0.717) is 35.7 Å². The minimum Gasteiger partial charge on any atom is -0.491 e. The standard InChI is InChI=1S/C18H16N4O3/c23-14-9-10-25-17-12(14)7-4-8-13(17)19-18(24)16-15(20-22-21-16)11-5-2-1-3-6-11/h1-8,14,23H,9-10H2,(H,19,24)(H,20,21,22). The average Bonchev–Trinajstić information content (AvgIpc) is 3.13. The Labute approximate surface area is 143 Å². The number of aliphatic hydroxyl groups is 1. The fourth-order valence-electron chi connectivity index (χ4n) is 2.87. The van der Waals surface area contributed by atoms with Crippen LogP contribution in [0.4, 0.5) is 5.69 Å². The highest BCUT2D eigenvalue weighted by molar-refractivity contribution is 6.07. The fraction of sp³-hybridized carbons (Fsp3) is 0.167. The number of nitrogens with zero attached hydrogens (tertiary/aromatic N) is 2. The van der Waals surface area contributed by atoms with Gasteiger partial charge in [0.1, 0.15) is 11.4 Å². The summed E-state index contributed by atoms with van der Waals surface area (Å²) >= 11 is 0. The predicted molar refractivity (Wildman–Crippen MR) is 91.3 cm³/mol. The van der Waals surface area contributed by atoms with Gasteiger partial charge in [-0.15, -0.1) is 0 Å². The van der Waals surface area contributed by atoms with Gasteiger partial charge in [-0.3, -0.25) is 4.79 Å². The Balaban J connectivity index is 1.65. The summed E-state index contributed by atoms with van der Waals surface area (Å²) in [4.78, 5) is 12.7. The molecule has 4 rings (SSSR count). The molecular formula is C18H16N4O3. The van der Waals surface area contributed by atoms with Crippen molar-refractivity contribution in [2.45, 2.75) is 12.5 Å². The SMILES string of the molecule is O=C(Nc1cccc2c1OCCC2O)c1n[nH]nc1-c1ccccc1. The van der Waals surface area contributed by atoms with Crippen LogP contribution in [0.1, 0.15) is 28.6 Å². The molecule has 126 valence electrons. The Hall–Kier alpha value is -3.19. The number of anilines is 1. The number of H-pyrrole nitrogens is 1. The molecule has 0 bridgehead atoms. The van der Waals surface area contributed by atoms with Crippen LogP contribution in [0.25, 0.3) is 11.3 Å². The minimum absolute atomic E-state index is 0.195. The lowest BCUT2D eigenvalue weighted by Crippen LogP contribution is -2.18. The highest BCUT2D eigenvalue weighted by Gasteiger charge is 2.24. The zero-order valence-corrected chi connectivity index (χ0v) is 13.3. The lowest BCUT2D eigenvalue weighted by molar-refractivity contribution is 0.101. The van der Waals surface area contributed by atoms with Crippen molar-refractivity contribution < 1.29 is 14.6 Å². The second-order valence-electron chi connectivity index (χ2n) is 5.72. The summed E-state index contributed by atoms with van der Waals surface area (Å²) in [6.45, 7) is 0.403. The third-order valence-corrected chi connectivity index (χ3v) is 4.10. The summed E-state index contributed by atoms with van der Waals surface area (Å²) in [6, 6.07) is 14.6. The van der Waals surface area contributed by atoms with Gasteiger partial charge in [-0.05, 0) is 6.07 Å². The number of rotatable bonds is 3. The maximum Gasteiger partial charge on any atom is 0.278 e. The van der Waals surface area contributed by atoms with Crippen molar-refractivity contribution >= 4 is 11.6 Å². The zero-order chi connectivity index (χ0) is 17.2. The van der Waals surface area contributed by atoms with Crippen molar-refractivity contribution in [3.05, 3.63) is 59.8 Å². The van der Waals surface area contributed by atoms with Crippen LogP contribution in [0.2, 0.25) is 0 Å². The lowest BCUT2D eigenvalue weighted by atomic mass is 10.0. The largest absolute Gasteiger partial charge is 0.491 e. The molecule has 0 spiro atoms. The predicted octanol–water partition coefficient (Wildman–Crippen LogP) is 2.54. The number of hydrogen-bond donors (Lipinski definition) is 3. The van der Waals surface area contributed by atoms with Crippen LogP contribution < -0.4 is 10.1 Å². The Bertz CT molecular complexity index is 908. The summed E-state index contributed by atoms with van der Waals surface area (Å²) in [5, 5.41) is 23.4. The Kier molecular flexibility index (Phi) is 3.91. The van der Waals surface area contributed by atoms with Crippen molar-refractivity contribution in [3.8, 4) is 17.0 Å². The van der Waals surface area contributed by atoms with E-state index in [-0.39, 0.29) is 5.69 Å². The Morgan fingerprint density at radius 1 is 1.16 bits per heavy atom. The molecule has 1 aliphatic rings. The van der Waals surface area contributed by atoms with Crippen molar-refractivity contribution in [1.82, 2.24) is 15.4 Å². The first-order valence-corrected chi connectivity index (χ1v) is 7.95. The molecule has 2 heterocycles. The van der Waals surface area contributed by atoms with E-state index in [1.807, 2.05) is 30.3 Å². The fourth-order valence-corrected chi connectivity index (χ4v) is 2.87. The summed E-state index contributed by atoms with van der Waals surface area (Å²) in [5.74, 6) is 0.101. The number of amides is 1. The molecule has 0 saturated heterocycles.